The van der Waals surface area contributed by atoms with E-state index in [4.69, 9.17) is 8.83 Å². The summed E-state index contributed by atoms with van der Waals surface area (Å²) in [6, 6.07) is 9.16. The van der Waals surface area contributed by atoms with Crippen LogP contribution in [0, 0.1) is 0 Å². The normalized spacial score (nSPS) is 12.3. The first kappa shape index (κ1) is 20.9. The first-order valence-electron chi connectivity index (χ1n) is 10.1. The number of aromatic hydroxyl groups is 1. The Morgan fingerprint density at radius 3 is 1.97 bits per heavy atom. The predicted molar refractivity (Wildman–Crippen MR) is 117 cm³/mol. The van der Waals surface area contributed by atoms with Crippen LogP contribution in [0.25, 0.3) is 33.7 Å². The highest BCUT2D eigenvalue weighted by atomic mass is 16.4. The molecular weight excluding hydrogens is 364 g/mol. The van der Waals surface area contributed by atoms with E-state index in [2.05, 4.69) is 51.5 Å². The Morgan fingerprint density at radius 2 is 1.34 bits per heavy atom. The number of fused-ring (bicyclic) bond motifs is 2. The standard InChI is InChI=1S/C22H24N2O3.C2H6/c1-21(2,3)13-7-12(8-14(25)9-13)19-23-15-10-16-18(11-17(15)26-19)27-20(24-16)22(4,5)6;1-2/h7-11,25H,1-6H3;1-2H3. The molecule has 5 nitrogen and oxygen atoms in total. The summed E-state index contributed by atoms with van der Waals surface area (Å²) in [6.45, 7) is 16.5. The molecule has 0 spiro atoms. The van der Waals surface area contributed by atoms with Crippen molar-refractivity contribution < 1.29 is 13.9 Å². The summed E-state index contributed by atoms with van der Waals surface area (Å²) in [4.78, 5) is 9.20. The number of oxazole rings is 2. The molecule has 0 aliphatic carbocycles. The van der Waals surface area contributed by atoms with E-state index in [1.165, 1.54) is 0 Å². The third kappa shape index (κ3) is 4.14. The third-order valence-corrected chi connectivity index (χ3v) is 4.57. The van der Waals surface area contributed by atoms with Gasteiger partial charge in [-0.3, -0.25) is 0 Å². The molecule has 4 rings (SSSR count). The Balaban J connectivity index is 0.00000117. The van der Waals surface area contributed by atoms with E-state index < -0.39 is 0 Å². The van der Waals surface area contributed by atoms with Crippen LogP contribution in [0.4, 0.5) is 0 Å². The fraction of sp³-hybridized carbons (Fsp3) is 0.417. The van der Waals surface area contributed by atoms with E-state index in [1.807, 2.05) is 32.0 Å². The van der Waals surface area contributed by atoms with Crippen molar-refractivity contribution in [2.75, 3.05) is 0 Å². The maximum atomic E-state index is 10.1. The number of nitrogens with zero attached hydrogens (tertiary/aromatic N) is 2. The molecule has 0 unspecified atom stereocenters. The number of phenolic OH excluding ortho intramolecular Hbond substituents is 1. The molecule has 2 aromatic carbocycles. The molecule has 0 aliphatic heterocycles. The van der Waals surface area contributed by atoms with Crippen molar-refractivity contribution in [3.63, 3.8) is 0 Å². The van der Waals surface area contributed by atoms with Gasteiger partial charge in [-0.05, 0) is 35.2 Å². The summed E-state index contributed by atoms with van der Waals surface area (Å²) in [6.07, 6.45) is 0. The summed E-state index contributed by atoms with van der Waals surface area (Å²) < 4.78 is 11.9. The fourth-order valence-electron chi connectivity index (χ4n) is 2.96. The monoisotopic (exact) mass is 394 g/mol. The molecule has 5 heteroatoms. The Labute approximate surface area is 171 Å². The molecule has 2 heterocycles. The highest BCUT2D eigenvalue weighted by Crippen LogP contribution is 2.34. The molecule has 0 fully saturated rings. The Hall–Kier alpha value is -2.82. The van der Waals surface area contributed by atoms with Gasteiger partial charge in [0.05, 0.1) is 0 Å². The number of phenols is 1. The number of hydrogen-bond acceptors (Lipinski definition) is 5. The van der Waals surface area contributed by atoms with Crippen molar-refractivity contribution in [1.29, 1.82) is 0 Å². The highest BCUT2D eigenvalue weighted by molar-refractivity contribution is 5.90. The average Bonchev–Trinajstić information content (AvgIpc) is 3.22. The Kier molecular flexibility index (Phi) is 5.20. The van der Waals surface area contributed by atoms with Gasteiger partial charge in [0, 0.05) is 17.0 Å². The number of aromatic nitrogens is 2. The maximum absolute atomic E-state index is 10.1. The molecule has 1 N–H and O–H groups in total. The highest BCUT2D eigenvalue weighted by Gasteiger charge is 2.22. The molecule has 4 aromatic rings. The quantitative estimate of drug-likeness (QED) is 0.378. The van der Waals surface area contributed by atoms with Crippen molar-refractivity contribution in [1.82, 2.24) is 9.97 Å². The number of rotatable bonds is 1. The lowest BCUT2D eigenvalue weighted by Crippen LogP contribution is -2.10. The summed E-state index contributed by atoms with van der Waals surface area (Å²) >= 11 is 0. The lowest BCUT2D eigenvalue weighted by Gasteiger charge is -2.19. The molecule has 0 aliphatic rings. The van der Waals surface area contributed by atoms with Crippen LogP contribution in [0.3, 0.4) is 0 Å². The lowest BCUT2D eigenvalue weighted by molar-refractivity contribution is 0.411. The molecule has 29 heavy (non-hydrogen) atoms. The second-order valence-corrected chi connectivity index (χ2v) is 9.09. The van der Waals surface area contributed by atoms with Crippen LogP contribution in [0.1, 0.15) is 66.8 Å². The molecule has 0 bridgehead atoms. The molecule has 154 valence electrons. The summed E-state index contributed by atoms with van der Waals surface area (Å²) in [5.41, 5.74) is 4.30. The van der Waals surface area contributed by atoms with Crippen LogP contribution in [0.2, 0.25) is 0 Å². The van der Waals surface area contributed by atoms with Gasteiger partial charge in [0.2, 0.25) is 11.8 Å². The topological polar surface area (TPSA) is 72.3 Å². The Morgan fingerprint density at radius 1 is 0.724 bits per heavy atom. The lowest BCUT2D eigenvalue weighted by atomic mass is 9.86. The van der Waals surface area contributed by atoms with Crippen LogP contribution >= 0.6 is 0 Å². The molecule has 0 radical (unpaired) electrons. The predicted octanol–water partition coefficient (Wildman–Crippen LogP) is 6.96. The van der Waals surface area contributed by atoms with Crippen LogP contribution in [-0.2, 0) is 10.8 Å². The van der Waals surface area contributed by atoms with Crippen LogP contribution < -0.4 is 0 Å². The molecular formula is C24H30N2O3. The van der Waals surface area contributed by atoms with Gasteiger partial charge in [0.15, 0.2) is 11.2 Å². The van der Waals surface area contributed by atoms with Crippen molar-refractivity contribution in [2.45, 2.75) is 66.2 Å². The van der Waals surface area contributed by atoms with Crippen LogP contribution in [-0.4, -0.2) is 15.1 Å². The molecule has 0 atom stereocenters. The molecule has 0 amide bonds. The fourth-order valence-corrected chi connectivity index (χ4v) is 2.96. The number of hydrogen-bond donors (Lipinski definition) is 1. The minimum absolute atomic E-state index is 0.0907. The average molecular weight is 395 g/mol. The first-order valence-corrected chi connectivity index (χ1v) is 10.1. The smallest absolute Gasteiger partial charge is 0.227 e. The minimum atomic E-state index is -0.163. The van der Waals surface area contributed by atoms with E-state index in [0.717, 1.165) is 16.6 Å². The van der Waals surface area contributed by atoms with E-state index in [1.54, 1.807) is 12.1 Å². The molecule has 0 saturated heterocycles. The van der Waals surface area contributed by atoms with E-state index in [0.29, 0.717) is 28.5 Å². The number of benzene rings is 2. The summed E-state index contributed by atoms with van der Waals surface area (Å²) in [5, 5.41) is 10.1. The van der Waals surface area contributed by atoms with E-state index in [9.17, 15) is 5.11 Å². The van der Waals surface area contributed by atoms with Crippen LogP contribution in [0.15, 0.2) is 39.2 Å². The van der Waals surface area contributed by atoms with E-state index >= 15 is 0 Å². The maximum Gasteiger partial charge on any atom is 0.227 e. The zero-order valence-corrected chi connectivity index (χ0v) is 18.5. The summed E-state index contributed by atoms with van der Waals surface area (Å²) in [7, 11) is 0. The van der Waals surface area contributed by atoms with Gasteiger partial charge in [0.1, 0.15) is 16.8 Å². The Bertz CT molecular complexity index is 1100. The second kappa shape index (κ2) is 7.21. The minimum Gasteiger partial charge on any atom is -0.508 e. The first-order chi connectivity index (χ1) is 13.5. The SMILES string of the molecule is CC.CC(C)(C)c1cc(O)cc(-c2nc3cc4nc(C(C)(C)C)oc4cc3o2)c1. The van der Waals surface area contributed by atoms with Gasteiger partial charge >= 0.3 is 0 Å². The van der Waals surface area contributed by atoms with Gasteiger partial charge in [-0.25, -0.2) is 9.97 Å². The van der Waals surface area contributed by atoms with Gasteiger partial charge in [-0.2, -0.15) is 0 Å². The summed E-state index contributed by atoms with van der Waals surface area (Å²) in [5.74, 6) is 1.35. The van der Waals surface area contributed by atoms with Gasteiger partial charge in [-0.1, -0.05) is 55.4 Å². The van der Waals surface area contributed by atoms with Crippen molar-refractivity contribution in [2.24, 2.45) is 0 Å². The van der Waals surface area contributed by atoms with E-state index in [-0.39, 0.29) is 16.6 Å². The van der Waals surface area contributed by atoms with Gasteiger partial charge in [0.25, 0.3) is 0 Å². The third-order valence-electron chi connectivity index (χ3n) is 4.57. The van der Waals surface area contributed by atoms with Crippen molar-refractivity contribution in [3.8, 4) is 17.2 Å². The largest absolute Gasteiger partial charge is 0.508 e. The molecule has 2 aromatic heterocycles. The second-order valence-electron chi connectivity index (χ2n) is 9.09. The zero-order chi connectivity index (χ0) is 21.6. The van der Waals surface area contributed by atoms with Crippen molar-refractivity contribution in [3.05, 3.63) is 41.8 Å². The van der Waals surface area contributed by atoms with Gasteiger partial charge < -0.3 is 13.9 Å². The molecule has 0 saturated carbocycles. The zero-order valence-electron chi connectivity index (χ0n) is 18.5. The van der Waals surface area contributed by atoms with Gasteiger partial charge in [-0.15, -0.1) is 0 Å². The van der Waals surface area contributed by atoms with Crippen LogP contribution in [0.5, 0.6) is 5.75 Å². The van der Waals surface area contributed by atoms with Crippen molar-refractivity contribution >= 4 is 22.2 Å².